The Balaban J connectivity index is 2.60. The second kappa shape index (κ2) is 5.55. The summed E-state index contributed by atoms with van der Waals surface area (Å²) in [6.07, 6.45) is 1.73. The number of likely N-dealkylation sites (N-methyl/N-ethyl adjacent to an activating group) is 1. The molecule has 5 heteroatoms. The molecular weight excluding hydrogens is 206 g/mol. The summed E-state index contributed by atoms with van der Waals surface area (Å²) in [4.78, 5) is 13.6. The van der Waals surface area contributed by atoms with Crippen molar-refractivity contribution in [3.63, 3.8) is 0 Å². The Morgan fingerprint density at radius 2 is 2.31 bits per heavy atom. The first-order valence-corrected chi connectivity index (χ1v) is 5.31. The Kier molecular flexibility index (Phi) is 4.37. The van der Waals surface area contributed by atoms with Crippen LogP contribution in [0.5, 0.6) is 0 Å². The van der Waals surface area contributed by atoms with Crippen molar-refractivity contribution in [2.24, 2.45) is 7.05 Å². The molecule has 0 aliphatic rings. The summed E-state index contributed by atoms with van der Waals surface area (Å²) in [7, 11) is 3.56. The number of rotatable bonds is 5. The van der Waals surface area contributed by atoms with Crippen molar-refractivity contribution < 1.29 is 9.53 Å². The fourth-order valence-electron chi connectivity index (χ4n) is 1.45. The van der Waals surface area contributed by atoms with Crippen LogP contribution in [0.2, 0.25) is 0 Å². The van der Waals surface area contributed by atoms with Gasteiger partial charge in [0.2, 0.25) is 0 Å². The molecule has 0 fully saturated rings. The standard InChI is InChI=1S/C11H19N3O2/c1-4-16-6-5-13(2)11(15)10-7-9(12)8-14(10)3/h7-8H,4-6,12H2,1-3H3. The number of carbonyl (C=O) groups is 1. The van der Waals surface area contributed by atoms with E-state index >= 15 is 0 Å². The van der Waals surface area contributed by atoms with E-state index in [1.807, 2.05) is 6.92 Å². The summed E-state index contributed by atoms with van der Waals surface area (Å²) in [6, 6.07) is 1.68. The zero-order valence-electron chi connectivity index (χ0n) is 10.1. The Morgan fingerprint density at radius 1 is 1.62 bits per heavy atom. The maximum Gasteiger partial charge on any atom is 0.270 e. The fraction of sp³-hybridized carbons (Fsp3) is 0.545. The highest BCUT2D eigenvalue weighted by Gasteiger charge is 2.15. The van der Waals surface area contributed by atoms with Gasteiger partial charge in [0.1, 0.15) is 5.69 Å². The molecule has 1 amide bonds. The van der Waals surface area contributed by atoms with Gasteiger partial charge in [0.25, 0.3) is 5.91 Å². The van der Waals surface area contributed by atoms with Gasteiger partial charge in [0.15, 0.2) is 0 Å². The SMILES string of the molecule is CCOCCN(C)C(=O)c1cc(N)cn1C. The molecule has 5 nitrogen and oxygen atoms in total. The maximum absolute atomic E-state index is 12.0. The molecule has 0 saturated heterocycles. The predicted molar refractivity (Wildman–Crippen MR) is 63.3 cm³/mol. The Bertz CT molecular complexity index is 360. The highest BCUT2D eigenvalue weighted by atomic mass is 16.5. The molecule has 1 heterocycles. The molecule has 0 unspecified atom stereocenters. The average Bonchev–Trinajstić information content (AvgIpc) is 2.57. The van der Waals surface area contributed by atoms with Gasteiger partial charge < -0.3 is 19.9 Å². The van der Waals surface area contributed by atoms with Gasteiger partial charge in [0.05, 0.1) is 12.3 Å². The zero-order chi connectivity index (χ0) is 12.1. The molecule has 0 spiro atoms. The summed E-state index contributed by atoms with van der Waals surface area (Å²) >= 11 is 0. The number of hydrogen-bond donors (Lipinski definition) is 1. The third kappa shape index (κ3) is 3.00. The molecule has 0 radical (unpaired) electrons. The molecule has 1 aromatic heterocycles. The van der Waals surface area contributed by atoms with Crippen LogP contribution in [0.4, 0.5) is 5.69 Å². The normalized spacial score (nSPS) is 10.4. The lowest BCUT2D eigenvalue weighted by Gasteiger charge is -2.17. The first-order valence-electron chi connectivity index (χ1n) is 5.31. The number of hydrogen-bond acceptors (Lipinski definition) is 3. The van der Waals surface area contributed by atoms with E-state index in [0.29, 0.717) is 31.1 Å². The summed E-state index contributed by atoms with van der Waals surface area (Å²) < 4.78 is 6.93. The smallest absolute Gasteiger partial charge is 0.270 e. The first kappa shape index (κ1) is 12.6. The van der Waals surface area contributed by atoms with Crippen LogP contribution in [-0.4, -0.2) is 42.2 Å². The van der Waals surface area contributed by atoms with Crippen molar-refractivity contribution in [3.8, 4) is 0 Å². The van der Waals surface area contributed by atoms with E-state index in [9.17, 15) is 4.79 Å². The van der Waals surface area contributed by atoms with Crippen molar-refractivity contribution in [2.45, 2.75) is 6.92 Å². The molecule has 0 aromatic carbocycles. The lowest BCUT2D eigenvalue weighted by Crippen LogP contribution is -2.31. The molecule has 0 bridgehead atoms. The largest absolute Gasteiger partial charge is 0.397 e. The highest BCUT2D eigenvalue weighted by Crippen LogP contribution is 2.10. The maximum atomic E-state index is 12.0. The molecule has 0 aliphatic heterocycles. The average molecular weight is 225 g/mol. The first-order chi connectivity index (χ1) is 7.56. The van der Waals surface area contributed by atoms with Crippen molar-refractivity contribution in [3.05, 3.63) is 18.0 Å². The van der Waals surface area contributed by atoms with Crippen LogP contribution in [0.3, 0.4) is 0 Å². The van der Waals surface area contributed by atoms with Crippen LogP contribution in [0.15, 0.2) is 12.3 Å². The monoisotopic (exact) mass is 225 g/mol. The molecule has 1 rings (SSSR count). The van der Waals surface area contributed by atoms with E-state index < -0.39 is 0 Å². The zero-order valence-corrected chi connectivity index (χ0v) is 10.1. The van der Waals surface area contributed by atoms with E-state index in [4.69, 9.17) is 10.5 Å². The van der Waals surface area contributed by atoms with Crippen LogP contribution in [0, 0.1) is 0 Å². The van der Waals surface area contributed by atoms with E-state index in [-0.39, 0.29) is 5.91 Å². The van der Waals surface area contributed by atoms with Crippen molar-refractivity contribution in [1.29, 1.82) is 0 Å². The van der Waals surface area contributed by atoms with Crippen molar-refractivity contribution >= 4 is 11.6 Å². The third-order valence-corrected chi connectivity index (χ3v) is 2.37. The molecule has 16 heavy (non-hydrogen) atoms. The van der Waals surface area contributed by atoms with E-state index in [2.05, 4.69) is 0 Å². The molecule has 0 aliphatic carbocycles. The van der Waals surface area contributed by atoms with Gasteiger partial charge in [-0.25, -0.2) is 0 Å². The van der Waals surface area contributed by atoms with E-state index in [1.54, 1.807) is 35.8 Å². The number of nitrogens with zero attached hydrogens (tertiary/aromatic N) is 2. The number of aromatic nitrogens is 1. The summed E-state index contributed by atoms with van der Waals surface area (Å²) in [6.45, 7) is 3.73. The summed E-state index contributed by atoms with van der Waals surface area (Å²) in [5, 5.41) is 0. The number of aryl methyl sites for hydroxylation is 1. The Labute approximate surface area is 95.8 Å². The topological polar surface area (TPSA) is 60.5 Å². The second-order valence-electron chi connectivity index (χ2n) is 3.69. The number of amides is 1. The van der Waals surface area contributed by atoms with Crippen molar-refractivity contribution in [1.82, 2.24) is 9.47 Å². The Morgan fingerprint density at radius 3 is 2.81 bits per heavy atom. The number of carbonyl (C=O) groups excluding carboxylic acids is 1. The van der Waals surface area contributed by atoms with E-state index in [0.717, 1.165) is 0 Å². The predicted octanol–water partition coefficient (Wildman–Crippen LogP) is 0.716. The number of nitrogen functional groups attached to an aromatic ring is 1. The third-order valence-electron chi connectivity index (χ3n) is 2.37. The van der Waals surface area contributed by atoms with Gasteiger partial charge in [-0.15, -0.1) is 0 Å². The lowest BCUT2D eigenvalue weighted by molar-refractivity contribution is 0.0701. The van der Waals surface area contributed by atoms with Crippen molar-refractivity contribution in [2.75, 3.05) is 32.5 Å². The molecule has 0 saturated carbocycles. The van der Waals surface area contributed by atoms with Crippen LogP contribution in [-0.2, 0) is 11.8 Å². The van der Waals surface area contributed by atoms with Gasteiger partial charge in [-0.1, -0.05) is 0 Å². The molecule has 1 aromatic rings. The van der Waals surface area contributed by atoms with Crippen LogP contribution < -0.4 is 5.73 Å². The number of ether oxygens (including phenoxy) is 1. The lowest BCUT2D eigenvalue weighted by atomic mass is 10.3. The van der Waals surface area contributed by atoms with E-state index in [1.165, 1.54) is 0 Å². The molecular formula is C11H19N3O2. The minimum absolute atomic E-state index is 0.0427. The minimum atomic E-state index is -0.0427. The van der Waals surface area contributed by atoms with Crippen LogP contribution in [0.25, 0.3) is 0 Å². The molecule has 0 atom stereocenters. The fourth-order valence-corrected chi connectivity index (χ4v) is 1.45. The van der Waals surface area contributed by atoms with Gasteiger partial charge in [-0.3, -0.25) is 4.79 Å². The number of nitrogens with two attached hydrogens (primary N) is 1. The van der Waals surface area contributed by atoms with Gasteiger partial charge >= 0.3 is 0 Å². The van der Waals surface area contributed by atoms with Gasteiger partial charge in [-0.05, 0) is 13.0 Å². The van der Waals surface area contributed by atoms with Crippen LogP contribution >= 0.6 is 0 Å². The molecule has 90 valence electrons. The second-order valence-corrected chi connectivity index (χ2v) is 3.69. The Hall–Kier alpha value is -1.49. The quantitative estimate of drug-likeness (QED) is 0.751. The summed E-state index contributed by atoms with van der Waals surface area (Å²) in [5.41, 5.74) is 6.82. The molecule has 2 N–H and O–H groups in total. The van der Waals surface area contributed by atoms with Gasteiger partial charge in [0, 0.05) is 33.4 Å². The number of anilines is 1. The van der Waals surface area contributed by atoms with Gasteiger partial charge in [-0.2, -0.15) is 0 Å². The van der Waals surface area contributed by atoms with Crippen LogP contribution in [0.1, 0.15) is 17.4 Å². The minimum Gasteiger partial charge on any atom is -0.397 e. The highest BCUT2D eigenvalue weighted by molar-refractivity contribution is 5.93. The summed E-state index contributed by atoms with van der Waals surface area (Å²) in [5.74, 6) is -0.0427.